The zero-order valence-corrected chi connectivity index (χ0v) is 21.4. The number of hydrazone groups is 1. The predicted molar refractivity (Wildman–Crippen MR) is 141 cm³/mol. The maximum atomic E-state index is 12.6. The molecule has 2 amide bonds. The highest BCUT2D eigenvalue weighted by atomic mass is 35.5. The minimum absolute atomic E-state index is 0.165. The first-order valence-corrected chi connectivity index (χ1v) is 11.9. The van der Waals surface area contributed by atoms with Gasteiger partial charge in [0, 0.05) is 15.6 Å². The number of nitrogens with zero attached hydrogens (tertiary/aromatic N) is 1. The molecule has 2 N–H and O–H groups in total. The molecule has 1 unspecified atom stereocenters. The zero-order valence-electron chi connectivity index (χ0n) is 19.1. The van der Waals surface area contributed by atoms with E-state index >= 15 is 0 Å². The summed E-state index contributed by atoms with van der Waals surface area (Å²) >= 11 is 18.2. The molecule has 0 aromatic heterocycles. The number of hydrogen-bond donors (Lipinski definition) is 2. The lowest BCUT2D eigenvalue weighted by Gasteiger charge is -2.20. The van der Waals surface area contributed by atoms with Crippen LogP contribution in [-0.2, 0) is 11.4 Å². The summed E-state index contributed by atoms with van der Waals surface area (Å²) in [5, 5.41) is 8.16. The number of carbonyl (C=O) groups is 2. The van der Waals surface area contributed by atoms with Crippen molar-refractivity contribution in [1.82, 2.24) is 10.7 Å². The molecule has 0 aliphatic carbocycles. The van der Waals surface area contributed by atoms with E-state index in [-0.39, 0.29) is 5.92 Å². The molecule has 0 radical (unpaired) electrons. The molecular weight excluding hydrogens is 509 g/mol. The van der Waals surface area contributed by atoms with Gasteiger partial charge in [0.25, 0.3) is 11.8 Å². The molecule has 0 saturated carbocycles. The molecule has 0 aliphatic rings. The summed E-state index contributed by atoms with van der Waals surface area (Å²) in [5.74, 6) is -0.373. The second-order valence-electron chi connectivity index (χ2n) is 8.00. The molecule has 3 aromatic rings. The Balaban J connectivity index is 1.54. The monoisotopic (exact) mass is 531 g/mol. The number of hydrogen-bond acceptors (Lipinski definition) is 4. The van der Waals surface area contributed by atoms with Crippen molar-refractivity contribution < 1.29 is 14.3 Å². The highest BCUT2D eigenvalue weighted by molar-refractivity contribution is 6.35. The second-order valence-corrected chi connectivity index (χ2v) is 9.25. The molecule has 0 bridgehead atoms. The minimum Gasteiger partial charge on any atom is -0.489 e. The number of carbonyl (C=O) groups excluding carboxylic acids is 2. The Kier molecular flexibility index (Phi) is 9.55. The molecule has 3 aromatic carbocycles. The number of halogens is 3. The van der Waals surface area contributed by atoms with Gasteiger partial charge < -0.3 is 10.1 Å². The van der Waals surface area contributed by atoms with Crippen LogP contribution >= 0.6 is 34.8 Å². The van der Waals surface area contributed by atoms with E-state index in [4.69, 9.17) is 39.5 Å². The Labute approximate surface area is 219 Å². The van der Waals surface area contributed by atoms with E-state index in [0.717, 1.165) is 11.1 Å². The Hall–Kier alpha value is -3.06. The van der Waals surface area contributed by atoms with Gasteiger partial charge in [-0.1, -0.05) is 66.8 Å². The average molecular weight is 533 g/mol. The van der Waals surface area contributed by atoms with E-state index < -0.39 is 17.9 Å². The standard InChI is InChI=1S/C26H24Cl3N3O3/c1-16(2)24(31-25(33)21-5-3-4-6-22(21)28)26(34)32-30-14-17-7-11-20(12-8-17)35-15-18-9-10-19(27)13-23(18)29/h3-14,16,24H,15H2,1-2H3,(H,31,33)(H,32,34). The minimum atomic E-state index is -0.786. The number of ether oxygens (including phenoxy) is 1. The molecular formula is C26H24Cl3N3O3. The summed E-state index contributed by atoms with van der Waals surface area (Å²) in [6, 6.07) is 18.3. The Morgan fingerprint density at radius 2 is 1.69 bits per heavy atom. The number of nitrogens with one attached hydrogen (secondary N) is 2. The lowest BCUT2D eigenvalue weighted by atomic mass is 10.0. The van der Waals surface area contributed by atoms with Crippen LogP contribution in [-0.4, -0.2) is 24.1 Å². The lowest BCUT2D eigenvalue weighted by molar-refractivity contribution is -0.123. The fourth-order valence-corrected chi connectivity index (χ4v) is 3.77. The molecule has 6 nitrogen and oxygen atoms in total. The topological polar surface area (TPSA) is 79.8 Å². The quantitative estimate of drug-likeness (QED) is 0.257. The zero-order chi connectivity index (χ0) is 25.4. The maximum absolute atomic E-state index is 12.6. The normalized spacial score (nSPS) is 11.9. The highest BCUT2D eigenvalue weighted by Crippen LogP contribution is 2.23. The highest BCUT2D eigenvalue weighted by Gasteiger charge is 2.25. The van der Waals surface area contributed by atoms with E-state index in [1.54, 1.807) is 60.7 Å². The lowest BCUT2D eigenvalue weighted by Crippen LogP contribution is -2.48. The van der Waals surface area contributed by atoms with Crippen molar-refractivity contribution in [1.29, 1.82) is 0 Å². The van der Waals surface area contributed by atoms with Crippen molar-refractivity contribution in [2.75, 3.05) is 0 Å². The van der Waals surface area contributed by atoms with Gasteiger partial charge in [-0.25, -0.2) is 5.43 Å². The van der Waals surface area contributed by atoms with Gasteiger partial charge in [-0.05, 0) is 60.0 Å². The van der Waals surface area contributed by atoms with Crippen LogP contribution in [0, 0.1) is 5.92 Å². The number of rotatable bonds is 9. The van der Waals surface area contributed by atoms with Gasteiger partial charge in [0.1, 0.15) is 18.4 Å². The van der Waals surface area contributed by atoms with Crippen LogP contribution in [0.3, 0.4) is 0 Å². The summed E-state index contributed by atoms with van der Waals surface area (Å²) in [6.45, 7) is 3.96. The number of benzene rings is 3. The Morgan fingerprint density at radius 1 is 0.971 bits per heavy atom. The van der Waals surface area contributed by atoms with E-state index in [9.17, 15) is 9.59 Å². The maximum Gasteiger partial charge on any atom is 0.262 e. The van der Waals surface area contributed by atoms with Crippen LogP contribution in [0.15, 0.2) is 71.8 Å². The third kappa shape index (κ3) is 7.72. The van der Waals surface area contributed by atoms with Crippen LogP contribution in [0.4, 0.5) is 0 Å². The first-order chi connectivity index (χ1) is 16.7. The van der Waals surface area contributed by atoms with Crippen molar-refractivity contribution in [2.45, 2.75) is 26.5 Å². The van der Waals surface area contributed by atoms with Crippen LogP contribution in [0.2, 0.25) is 15.1 Å². The van der Waals surface area contributed by atoms with Crippen molar-refractivity contribution in [3.8, 4) is 5.75 Å². The van der Waals surface area contributed by atoms with E-state index in [0.29, 0.717) is 33.0 Å². The average Bonchev–Trinajstić information content (AvgIpc) is 2.82. The van der Waals surface area contributed by atoms with Crippen molar-refractivity contribution in [3.63, 3.8) is 0 Å². The molecule has 182 valence electrons. The van der Waals surface area contributed by atoms with E-state index in [2.05, 4.69) is 15.8 Å². The molecule has 0 saturated heterocycles. The van der Waals surface area contributed by atoms with Crippen LogP contribution in [0.25, 0.3) is 0 Å². The number of amides is 2. The molecule has 0 spiro atoms. The van der Waals surface area contributed by atoms with Gasteiger partial charge >= 0.3 is 0 Å². The summed E-state index contributed by atoms with van der Waals surface area (Å²) in [7, 11) is 0. The fourth-order valence-electron chi connectivity index (χ4n) is 3.09. The second kappa shape index (κ2) is 12.6. The summed E-state index contributed by atoms with van der Waals surface area (Å²) in [6.07, 6.45) is 1.50. The van der Waals surface area contributed by atoms with Gasteiger partial charge in [-0.15, -0.1) is 0 Å². The van der Waals surface area contributed by atoms with Crippen LogP contribution in [0.5, 0.6) is 5.75 Å². The molecule has 0 fully saturated rings. The molecule has 0 heterocycles. The molecule has 1 atom stereocenters. The van der Waals surface area contributed by atoms with Gasteiger partial charge in [-0.2, -0.15) is 5.10 Å². The van der Waals surface area contributed by atoms with Crippen LogP contribution < -0.4 is 15.5 Å². The summed E-state index contributed by atoms with van der Waals surface area (Å²) in [5.41, 5.74) is 4.36. The van der Waals surface area contributed by atoms with Crippen molar-refractivity contribution >= 4 is 52.8 Å². The first-order valence-electron chi connectivity index (χ1n) is 10.8. The smallest absolute Gasteiger partial charge is 0.262 e. The van der Waals surface area contributed by atoms with Gasteiger partial charge in [0.15, 0.2) is 0 Å². The SMILES string of the molecule is CC(C)C(NC(=O)c1ccccc1Cl)C(=O)NN=Cc1ccc(OCc2ccc(Cl)cc2Cl)cc1. The van der Waals surface area contributed by atoms with Crippen molar-refractivity contribution in [2.24, 2.45) is 11.0 Å². The molecule has 0 aliphatic heterocycles. The predicted octanol–water partition coefficient (Wildman–Crippen LogP) is 6.13. The Morgan fingerprint density at radius 3 is 2.34 bits per heavy atom. The van der Waals surface area contributed by atoms with Gasteiger partial charge in [-0.3, -0.25) is 9.59 Å². The van der Waals surface area contributed by atoms with E-state index in [1.165, 1.54) is 6.21 Å². The molecule has 35 heavy (non-hydrogen) atoms. The molecule has 3 rings (SSSR count). The van der Waals surface area contributed by atoms with Gasteiger partial charge in [0.05, 0.1) is 16.8 Å². The van der Waals surface area contributed by atoms with Crippen LogP contribution in [0.1, 0.15) is 35.3 Å². The Bertz CT molecular complexity index is 1210. The largest absolute Gasteiger partial charge is 0.489 e. The first kappa shape index (κ1) is 26.5. The third-order valence-corrected chi connectivity index (χ3v) is 5.95. The van der Waals surface area contributed by atoms with Crippen molar-refractivity contribution in [3.05, 3.63) is 98.5 Å². The molecule has 9 heteroatoms. The van der Waals surface area contributed by atoms with Gasteiger partial charge in [0.2, 0.25) is 0 Å². The summed E-state index contributed by atoms with van der Waals surface area (Å²) in [4.78, 5) is 25.2. The summed E-state index contributed by atoms with van der Waals surface area (Å²) < 4.78 is 5.76. The fraction of sp³-hybridized carbons (Fsp3) is 0.192. The van der Waals surface area contributed by atoms with E-state index in [1.807, 2.05) is 19.9 Å². The third-order valence-electron chi connectivity index (χ3n) is 5.03.